The molecule has 0 saturated heterocycles. The van der Waals surface area contributed by atoms with Gasteiger partial charge in [0, 0.05) is 10.4 Å². The number of hydrogen-bond acceptors (Lipinski definition) is 6. The molecule has 2 rings (SSSR count). The standard InChI is InChI=1S/C20H27N3O4S/c1-12-13(2)28-19(21-12)22-16(24)11-23(20(3,4)5)18(25)17-14(26-6)9-8-10-15(17)27-7/h8-10H,11H2,1-7H3,(H,21,22,24). The molecule has 152 valence electrons. The van der Waals surface area contributed by atoms with Crippen molar-refractivity contribution in [1.29, 1.82) is 0 Å². The lowest BCUT2D eigenvalue weighted by Crippen LogP contribution is -2.49. The van der Waals surface area contributed by atoms with E-state index in [0.29, 0.717) is 16.6 Å². The third-order valence-electron chi connectivity index (χ3n) is 4.27. The molecule has 1 N–H and O–H groups in total. The van der Waals surface area contributed by atoms with Crippen LogP contribution in [0.1, 0.15) is 41.7 Å². The molecule has 0 unspecified atom stereocenters. The van der Waals surface area contributed by atoms with E-state index in [2.05, 4.69) is 10.3 Å². The number of hydrogen-bond donors (Lipinski definition) is 1. The Balaban J connectivity index is 2.32. The second-order valence-corrected chi connectivity index (χ2v) is 8.51. The van der Waals surface area contributed by atoms with Crippen molar-refractivity contribution in [2.75, 3.05) is 26.1 Å². The Bertz CT molecular complexity index is 829. The van der Waals surface area contributed by atoms with E-state index < -0.39 is 5.54 Å². The molecule has 0 aliphatic carbocycles. The molecule has 0 radical (unpaired) electrons. The van der Waals surface area contributed by atoms with Gasteiger partial charge in [-0.15, -0.1) is 11.3 Å². The molecule has 0 aliphatic rings. The monoisotopic (exact) mass is 405 g/mol. The van der Waals surface area contributed by atoms with Crippen LogP contribution < -0.4 is 14.8 Å². The minimum absolute atomic E-state index is 0.124. The molecule has 0 saturated carbocycles. The first-order valence-electron chi connectivity index (χ1n) is 8.85. The third kappa shape index (κ3) is 4.81. The van der Waals surface area contributed by atoms with Crippen molar-refractivity contribution in [1.82, 2.24) is 9.88 Å². The number of thiazole rings is 1. The van der Waals surface area contributed by atoms with Gasteiger partial charge < -0.3 is 19.7 Å². The van der Waals surface area contributed by atoms with Crippen LogP contribution in [0.2, 0.25) is 0 Å². The van der Waals surface area contributed by atoms with Gasteiger partial charge in [0.2, 0.25) is 5.91 Å². The number of aromatic nitrogens is 1. The largest absolute Gasteiger partial charge is 0.496 e. The van der Waals surface area contributed by atoms with Crippen LogP contribution in [0.3, 0.4) is 0 Å². The summed E-state index contributed by atoms with van der Waals surface area (Å²) in [4.78, 5) is 32.9. The molecule has 2 aromatic rings. The summed E-state index contributed by atoms with van der Waals surface area (Å²) in [5, 5.41) is 3.31. The summed E-state index contributed by atoms with van der Waals surface area (Å²) in [6, 6.07) is 5.13. The van der Waals surface area contributed by atoms with Gasteiger partial charge in [0.15, 0.2) is 5.13 Å². The number of methoxy groups -OCH3 is 2. The summed E-state index contributed by atoms with van der Waals surface area (Å²) in [6.07, 6.45) is 0. The SMILES string of the molecule is COc1cccc(OC)c1C(=O)N(CC(=O)Nc1nc(C)c(C)s1)C(C)(C)C. The van der Waals surface area contributed by atoms with Gasteiger partial charge >= 0.3 is 0 Å². The lowest BCUT2D eigenvalue weighted by Gasteiger charge is -2.35. The zero-order valence-corrected chi connectivity index (χ0v) is 18.2. The second-order valence-electron chi connectivity index (χ2n) is 7.31. The van der Waals surface area contributed by atoms with E-state index in [1.54, 1.807) is 18.2 Å². The number of ether oxygens (including phenoxy) is 2. The van der Waals surface area contributed by atoms with Gasteiger partial charge in [0.05, 0.1) is 19.9 Å². The quantitative estimate of drug-likeness (QED) is 0.793. The minimum atomic E-state index is -0.602. The Hall–Kier alpha value is -2.61. The first kappa shape index (κ1) is 21.7. The molecule has 7 nitrogen and oxygen atoms in total. The summed E-state index contributed by atoms with van der Waals surface area (Å²) in [7, 11) is 2.99. The van der Waals surface area contributed by atoms with E-state index in [9.17, 15) is 9.59 Å². The predicted octanol–water partition coefficient (Wildman–Crippen LogP) is 3.66. The number of amides is 2. The van der Waals surface area contributed by atoms with Gasteiger partial charge in [-0.1, -0.05) is 6.07 Å². The number of rotatable bonds is 6. The van der Waals surface area contributed by atoms with Crippen LogP contribution in [0.4, 0.5) is 5.13 Å². The van der Waals surface area contributed by atoms with Gasteiger partial charge in [-0.25, -0.2) is 4.98 Å². The van der Waals surface area contributed by atoms with Crippen molar-refractivity contribution >= 4 is 28.3 Å². The molecular formula is C20H27N3O4S. The smallest absolute Gasteiger partial charge is 0.262 e. The molecular weight excluding hydrogens is 378 g/mol. The number of nitrogens with zero attached hydrogens (tertiary/aromatic N) is 2. The van der Waals surface area contributed by atoms with E-state index >= 15 is 0 Å². The second kappa shape index (κ2) is 8.60. The Labute approximate surface area is 169 Å². The van der Waals surface area contributed by atoms with E-state index in [1.807, 2.05) is 34.6 Å². The lowest BCUT2D eigenvalue weighted by atomic mass is 10.0. The fraction of sp³-hybridized carbons (Fsp3) is 0.450. The molecule has 1 aromatic carbocycles. The van der Waals surface area contributed by atoms with E-state index in [0.717, 1.165) is 10.6 Å². The van der Waals surface area contributed by atoms with Crippen LogP contribution in [0, 0.1) is 13.8 Å². The molecule has 28 heavy (non-hydrogen) atoms. The maximum Gasteiger partial charge on any atom is 0.262 e. The number of nitrogens with one attached hydrogen (secondary N) is 1. The molecule has 0 atom stereocenters. The molecule has 0 aliphatic heterocycles. The topological polar surface area (TPSA) is 80.8 Å². The van der Waals surface area contributed by atoms with Crippen LogP contribution in [-0.2, 0) is 4.79 Å². The first-order chi connectivity index (χ1) is 13.1. The van der Waals surface area contributed by atoms with Crippen LogP contribution in [-0.4, -0.2) is 48.0 Å². The Morgan fingerprint density at radius 1 is 1.14 bits per heavy atom. The first-order valence-corrected chi connectivity index (χ1v) is 9.67. The summed E-state index contributed by atoms with van der Waals surface area (Å²) >= 11 is 1.41. The van der Waals surface area contributed by atoms with Crippen LogP contribution in [0.25, 0.3) is 0 Å². The van der Waals surface area contributed by atoms with Gasteiger partial charge in [-0.2, -0.15) is 0 Å². The van der Waals surface area contributed by atoms with Crippen molar-refractivity contribution in [3.63, 3.8) is 0 Å². The fourth-order valence-corrected chi connectivity index (χ4v) is 3.47. The van der Waals surface area contributed by atoms with Crippen molar-refractivity contribution < 1.29 is 19.1 Å². The molecule has 0 spiro atoms. The number of carbonyl (C=O) groups is 2. The van der Waals surface area contributed by atoms with Crippen molar-refractivity contribution in [3.8, 4) is 11.5 Å². The summed E-state index contributed by atoms with van der Waals surface area (Å²) in [6.45, 7) is 9.33. The third-order valence-corrected chi connectivity index (χ3v) is 5.26. The van der Waals surface area contributed by atoms with Gasteiger partial charge in [-0.3, -0.25) is 9.59 Å². The van der Waals surface area contributed by atoms with Crippen LogP contribution in [0.15, 0.2) is 18.2 Å². The van der Waals surface area contributed by atoms with Gasteiger partial charge in [0.25, 0.3) is 5.91 Å². The number of aryl methyl sites for hydroxylation is 2. The maximum absolute atomic E-state index is 13.4. The molecule has 1 heterocycles. The maximum atomic E-state index is 13.4. The van der Waals surface area contributed by atoms with Crippen molar-refractivity contribution in [2.45, 2.75) is 40.2 Å². The fourth-order valence-electron chi connectivity index (χ4n) is 2.64. The molecule has 2 amide bonds. The average molecular weight is 406 g/mol. The Morgan fingerprint density at radius 3 is 2.14 bits per heavy atom. The van der Waals surface area contributed by atoms with E-state index in [1.165, 1.54) is 30.5 Å². The highest BCUT2D eigenvalue weighted by Gasteiger charge is 2.33. The molecule has 1 aromatic heterocycles. The highest BCUT2D eigenvalue weighted by Crippen LogP contribution is 2.31. The minimum Gasteiger partial charge on any atom is -0.496 e. The molecule has 0 bridgehead atoms. The van der Waals surface area contributed by atoms with Crippen molar-refractivity contribution in [3.05, 3.63) is 34.3 Å². The Kier molecular flexibility index (Phi) is 6.66. The van der Waals surface area contributed by atoms with Gasteiger partial charge in [0.1, 0.15) is 23.6 Å². The van der Waals surface area contributed by atoms with E-state index in [4.69, 9.17) is 9.47 Å². The van der Waals surface area contributed by atoms with Crippen molar-refractivity contribution in [2.24, 2.45) is 0 Å². The molecule has 0 fully saturated rings. The zero-order valence-electron chi connectivity index (χ0n) is 17.4. The Morgan fingerprint density at radius 2 is 1.71 bits per heavy atom. The summed E-state index contributed by atoms with van der Waals surface area (Å²) < 4.78 is 10.7. The van der Waals surface area contributed by atoms with Gasteiger partial charge in [-0.05, 0) is 46.8 Å². The highest BCUT2D eigenvalue weighted by atomic mass is 32.1. The normalized spacial score (nSPS) is 11.1. The van der Waals surface area contributed by atoms with Crippen LogP contribution in [0.5, 0.6) is 11.5 Å². The highest BCUT2D eigenvalue weighted by molar-refractivity contribution is 7.15. The number of carbonyl (C=O) groups excluding carboxylic acids is 2. The number of anilines is 1. The van der Waals surface area contributed by atoms with Crippen LogP contribution >= 0.6 is 11.3 Å². The van der Waals surface area contributed by atoms with E-state index in [-0.39, 0.29) is 23.9 Å². The average Bonchev–Trinajstić information content (AvgIpc) is 2.94. The lowest BCUT2D eigenvalue weighted by molar-refractivity contribution is -0.117. The zero-order chi connectivity index (χ0) is 21.1. The summed E-state index contributed by atoms with van der Waals surface area (Å²) in [5.41, 5.74) is 0.564. The number of benzene rings is 1. The molecule has 8 heteroatoms. The predicted molar refractivity (Wildman–Crippen MR) is 111 cm³/mol. The summed E-state index contributed by atoms with van der Waals surface area (Å²) in [5.74, 6) is 0.129.